The van der Waals surface area contributed by atoms with Crippen molar-refractivity contribution in [1.29, 1.82) is 0 Å². The molecule has 0 amide bonds. The normalized spacial score (nSPS) is 11.6. The lowest BCUT2D eigenvalue weighted by Gasteiger charge is -2.21. The van der Waals surface area contributed by atoms with E-state index in [1.807, 2.05) is 37.0 Å². The van der Waals surface area contributed by atoms with E-state index < -0.39 is 0 Å². The number of thioether (sulfide) groups is 1. The van der Waals surface area contributed by atoms with Gasteiger partial charge < -0.3 is 34.7 Å². The fourth-order valence-electron chi connectivity index (χ4n) is 3.84. The molecule has 1 heterocycles. The summed E-state index contributed by atoms with van der Waals surface area (Å²) in [5, 5.41) is 4.45. The molecule has 0 aliphatic carbocycles. The molecule has 3 rings (SSSR count). The van der Waals surface area contributed by atoms with Gasteiger partial charge >= 0.3 is 0 Å². The number of hydrogen-bond acceptors (Lipinski definition) is 12. The van der Waals surface area contributed by atoms with Crippen molar-refractivity contribution in [1.82, 2.24) is 4.98 Å². The van der Waals surface area contributed by atoms with Gasteiger partial charge in [-0.2, -0.15) is 12.6 Å². The zero-order chi connectivity index (χ0) is 34.5. The van der Waals surface area contributed by atoms with E-state index in [0.29, 0.717) is 58.5 Å². The van der Waals surface area contributed by atoms with Crippen molar-refractivity contribution in [3.63, 3.8) is 0 Å². The van der Waals surface area contributed by atoms with Gasteiger partial charge in [-0.15, -0.1) is 24.4 Å². The van der Waals surface area contributed by atoms with Crippen LogP contribution in [0.5, 0.6) is 5.75 Å². The molecule has 0 fully saturated rings. The Balaban J connectivity index is 0.00000142. The number of fused-ring (bicyclic) bond motifs is 1. The maximum absolute atomic E-state index is 11.2. The third-order valence-corrected chi connectivity index (χ3v) is 8.73. The van der Waals surface area contributed by atoms with E-state index in [-0.39, 0.29) is 25.5 Å². The van der Waals surface area contributed by atoms with Crippen LogP contribution in [-0.4, -0.2) is 87.1 Å². The summed E-state index contributed by atoms with van der Waals surface area (Å²) in [6.45, 7) is 14.2. The molecule has 262 valence electrons. The van der Waals surface area contributed by atoms with Gasteiger partial charge in [-0.25, -0.2) is 0 Å². The molecular weight excluding hydrogens is 674 g/mol. The molecule has 13 heteroatoms. The first-order chi connectivity index (χ1) is 22.6. The second kappa shape index (κ2) is 23.6. The van der Waals surface area contributed by atoms with Crippen LogP contribution < -0.4 is 15.8 Å². The fraction of sp³-hybridized carbons (Fsp3) is 0.529. The molecule has 3 N–H and O–H groups in total. The summed E-state index contributed by atoms with van der Waals surface area (Å²) < 4.78 is 28.0. The average Bonchev–Trinajstić information content (AvgIpc) is 3.03. The lowest BCUT2D eigenvalue weighted by Crippen LogP contribution is -2.14. The first kappa shape index (κ1) is 41.4. The van der Waals surface area contributed by atoms with Crippen molar-refractivity contribution in [3.8, 4) is 5.75 Å². The van der Waals surface area contributed by atoms with E-state index in [0.717, 1.165) is 43.6 Å². The summed E-state index contributed by atoms with van der Waals surface area (Å²) in [4.78, 5) is 17.5. The van der Waals surface area contributed by atoms with E-state index in [2.05, 4.69) is 69.3 Å². The molecule has 1 aromatic heterocycles. The number of thiol groups is 2. The zero-order valence-corrected chi connectivity index (χ0v) is 31.9. The highest BCUT2D eigenvalue weighted by Gasteiger charge is 2.18. The number of rotatable bonds is 21. The average molecular weight is 726 g/mol. The van der Waals surface area contributed by atoms with Crippen LogP contribution >= 0.6 is 45.6 Å². The number of anilines is 3. The molecule has 0 aliphatic rings. The maximum atomic E-state index is 11.2. The second-order valence-electron chi connectivity index (χ2n) is 11.3. The molecule has 47 heavy (non-hydrogen) atoms. The van der Waals surface area contributed by atoms with Gasteiger partial charge in [-0.1, -0.05) is 42.7 Å². The Labute approximate surface area is 297 Å². The topological polar surface area (TPSA) is 114 Å². The number of pyridine rings is 1. The maximum Gasteiger partial charge on any atom is 0.176 e. The van der Waals surface area contributed by atoms with Crippen molar-refractivity contribution in [2.75, 3.05) is 82.9 Å². The largest absolute Gasteiger partial charge is 0.490 e. The third kappa shape index (κ3) is 17.5. The van der Waals surface area contributed by atoms with E-state index >= 15 is 0 Å². The smallest absolute Gasteiger partial charge is 0.176 e. The zero-order valence-electron chi connectivity index (χ0n) is 28.3. The lowest BCUT2D eigenvalue weighted by atomic mass is 10.1. The summed E-state index contributed by atoms with van der Waals surface area (Å²) in [6.07, 6.45) is 4.30. The fourth-order valence-corrected chi connectivity index (χ4v) is 5.59. The molecule has 0 saturated heterocycles. The Morgan fingerprint density at radius 3 is 2.15 bits per heavy atom. The first-order valence-electron chi connectivity index (χ1n) is 15.8. The number of aromatic nitrogens is 1. The SMILES string of the molecule is CCCCS.CPC(=O)COCCOCCOCCOCCOc1cc2nccc(Nc3ccc(S)c(N)c3)c2cc1SC(C)(C)C. The number of nitrogen functional groups attached to an aromatic ring is 1. The third-order valence-electron chi connectivity index (χ3n) is 6.15. The van der Waals surface area contributed by atoms with Gasteiger partial charge in [-0.3, -0.25) is 9.78 Å². The van der Waals surface area contributed by atoms with Crippen LogP contribution in [0.3, 0.4) is 0 Å². The Morgan fingerprint density at radius 2 is 1.60 bits per heavy atom. The van der Waals surface area contributed by atoms with Crippen LogP contribution in [0.1, 0.15) is 40.5 Å². The van der Waals surface area contributed by atoms with Gasteiger partial charge in [0, 0.05) is 44.4 Å². The molecule has 0 spiro atoms. The van der Waals surface area contributed by atoms with Crippen LogP contribution in [0, 0.1) is 0 Å². The van der Waals surface area contributed by atoms with E-state index in [1.54, 1.807) is 18.0 Å². The number of ether oxygens (including phenoxy) is 5. The second-order valence-corrected chi connectivity index (χ2v) is 15.1. The molecule has 1 unspecified atom stereocenters. The molecule has 0 aliphatic heterocycles. The summed E-state index contributed by atoms with van der Waals surface area (Å²) in [5.74, 6) is 1.81. The highest BCUT2D eigenvalue weighted by Crippen LogP contribution is 2.41. The Morgan fingerprint density at radius 1 is 0.957 bits per heavy atom. The van der Waals surface area contributed by atoms with E-state index in [4.69, 9.17) is 29.4 Å². The number of unbranched alkanes of at least 4 members (excludes halogenated alkanes) is 1. The predicted molar refractivity (Wildman–Crippen MR) is 206 cm³/mol. The van der Waals surface area contributed by atoms with E-state index in [9.17, 15) is 4.79 Å². The summed E-state index contributed by atoms with van der Waals surface area (Å²) in [5.41, 5.74) is 9.42. The molecule has 0 bridgehead atoms. The number of hydrogen-bond donors (Lipinski definition) is 4. The van der Waals surface area contributed by atoms with Crippen LogP contribution in [0.2, 0.25) is 0 Å². The highest BCUT2D eigenvalue weighted by atomic mass is 32.2. The molecular formula is C34H52N3O6PS3. The van der Waals surface area contributed by atoms with Crippen molar-refractivity contribution in [2.45, 2.75) is 55.1 Å². The minimum atomic E-state index is -0.0165. The summed E-state index contributed by atoms with van der Waals surface area (Å²) in [7, 11) is 0.268. The van der Waals surface area contributed by atoms with Crippen molar-refractivity contribution < 1.29 is 28.5 Å². The van der Waals surface area contributed by atoms with Crippen LogP contribution in [0.4, 0.5) is 17.1 Å². The van der Waals surface area contributed by atoms with Crippen molar-refractivity contribution in [3.05, 3.63) is 42.6 Å². The quantitative estimate of drug-likeness (QED) is 0.0286. The van der Waals surface area contributed by atoms with E-state index in [1.165, 1.54) is 12.8 Å². The Hall–Kier alpha value is -1.76. The number of nitrogens with one attached hydrogen (secondary N) is 1. The van der Waals surface area contributed by atoms with Gasteiger partial charge in [0.15, 0.2) is 5.52 Å². The van der Waals surface area contributed by atoms with Crippen molar-refractivity contribution >= 4 is 79.1 Å². The van der Waals surface area contributed by atoms with Crippen molar-refractivity contribution in [2.24, 2.45) is 0 Å². The van der Waals surface area contributed by atoms with Crippen LogP contribution in [0.25, 0.3) is 10.9 Å². The minimum absolute atomic E-state index is 0.0165. The molecule has 3 aromatic rings. The summed E-state index contributed by atoms with van der Waals surface area (Å²) >= 11 is 10.1. The standard InChI is InChI=1S/C30H42N3O6PS2.C4H10S/c1-30(2,3)42-28-18-22-24(33-21-5-6-27(41)23(31)17-21)7-8-32-25(22)19-26(28)39-16-15-37-12-11-35-9-10-36-13-14-38-20-29(34)40-4;1-2-3-4-5/h5-8,17-19,40-41H,9-16,20,31H2,1-4H3,(H,32,33);5H,2-4H2,1H3. The number of carbonyl (C=O) groups is 1. The monoisotopic (exact) mass is 725 g/mol. The summed E-state index contributed by atoms with van der Waals surface area (Å²) in [6, 6.07) is 11.7. The minimum Gasteiger partial charge on any atom is -0.490 e. The molecule has 0 saturated carbocycles. The molecule has 2 aromatic carbocycles. The number of nitrogens with two attached hydrogens (primary N) is 1. The first-order valence-corrected chi connectivity index (χ1v) is 19.2. The molecule has 1 atom stereocenters. The number of nitrogens with zero attached hydrogens (tertiary/aromatic N) is 1. The van der Waals surface area contributed by atoms with Gasteiger partial charge in [0.1, 0.15) is 19.0 Å². The molecule has 0 radical (unpaired) electrons. The van der Waals surface area contributed by atoms with Crippen LogP contribution in [-0.2, 0) is 23.7 Å². The number of carbonyl (C=O) groups excluding carboxylic acids is 1. The highest BCUT2D eigenvalue weighted by molar-refractivity contribution is 8.00. The lowest BCUT2D eigenvalue weighted by molar-refractivity contribution is -0.116. The van der Waals surface area contributed by atoms with Gasteiger partial charge in [0.2, 0.25) is 0 Å². The Kier molecular flexibility index (Phi) is 20.8. The van der Waals surface area contributed by atoms with Gasteiger partial charge in [0.05, 0.1) is 56.7 Å². The predicted octanol–water partition coefficient (Wildman–Crippen LogP) is 7.74. The van der Waals surface area contributed by atoms with Crippen LogP contribution in [0.15, 0.2) is 52.4 Å². The van der Waals surface area contributed by atoms with Gasteiger partial charge in [0.25, 0.3) is 0 Å². The molecule has 9 nitrogen and oxygen atoms in total. The Bertz CT molecular complexity index is 1340. The van der Waals surface area contributed by atoms with Gasteiger partial charge in [-0.05, 0) is 49.2 Å². The number of benzene rings is 2.